The number of aliphatic imine (C=N–C) groups is 2. The van der Waals surface area contributed by atoms with Crippen LogP contribution in [0.5, 0.6) is 17.2 Å². The van der Waals surface area contributed by atoms with Gasteiger partial charge in [-0.2, -0.15) is 0 Å². The Bertz CT molecular complexity index is 1190. The number of fused-ring (bicyclic) bond motifs is 1. The molecule has 4 rings (SSSR count). The minimum absolute atomic E-state index is 0.114. The average Bonchev–Trinajstić information content (AvgIpc) is 2.82. The van der Waals surface area contributed by atoms with Crippen LogP contribution in [0, 0.1) is 5.82 Å². The Morgan fingerprint density at radius 2 is 2.06 bits per heavy atom. The van der Waals surface area contributed by atoms with Crippen LogP contribution in [0.2, 0.25) is 0 Å². The van der Waals surface area contributed by atoms with E-state index in [-0.39, 0.29) is 36.7 Å². The van der Waals surface area contributed by atoms with Gasteiger partial charge < -0.3 is 25.2 Å². The highest BCUT2D eigenvalue weighted by atomic mass is 19.1. The number of hydrogen-bond donors (Lipinski definition) is 3. The zero-order chi connectivity index (χ0) is 23.4. The third-order valence-corrected chi connectivity index (χ3v) is 5.22. The quantitative estimate of drug-likeness (QED) is 0.422. The minimum atomic E-state index is -0.409. The number of aromatic hydroxyl groups is 1. The molecule has 1 aliphatic heterocycles. The lowest BCUT2D eigenvalue weighted by atomic mass is 9.96. The van der Waals surface area contributed by atoms with E-state index in [9.17, 15) is 14.3 Å². The van der Waals surface area contributed by atoms with Crippen LogP contribution in [-0.4, -0.2) is 49.9 Å². The van der Waals surface area contributed by atoms with Gasteiger partial charge in [-0.15, -0.1) is 0 Å². The molecule has 9 heteroatoms. The van der Waals surface area contributed by atoms with Gasteiger partial charge in [0.05, 0.1) is 17.3 Å². The molecule has 0 aromatic heterocycles. The molecule has 2 aliphatic rings. The van der Waals surface area contributed by atoms with Gasteiger partial charge in [-0.25, -0.2) is 4.39 Å². The van der Waals surface area contributed by atoms with Gasteiger partial charge in [0, 0.05) is 24.8 Å². The molecular formula is C24H23FN4O4. The number of phenolic OH excluding ortho intramolecular Hbond substituents is 1. The molecule has 33 heavy (non-hydrogen) atoms. The Balaban J connectivity index is 1.51. The second kappa shape index (κ2) is 9.56. The summed E-state index contributed by atoms with van der Waals surface area (Å²) in [6, 6.07) is 6.84. The maximum Gasteiger partial charge on any atom is 0.254 e. The van der Waals surface area contributed by atoms with Crippen molar-refractivity contribution in [3.8, 4) is 17.2 Å². The molecule has 1 heterocycles. The molecule has 1 aliphatic carbocycles. The molecule has 0 spiro atoms. The van der Waals surface area contributed by atoms with E-state index in [2.05, 4.69) is 27.3 Å². The van der Waals surface area contributed by atoms with Crippen LogP contribution in [0.15, 0.2) is 64.1 Å². The molecular weight excluding hydrogens is 427 g/mol. The first-order valence-electron chi connectivity index (χ1n) is 10.3. The number of nitrogens with zero attached hydrogens (tertiary/aromatic N) is 2. The summed E-state index contributed by atoms with van der Waals surface area (Å²) in [6.07, 6.45) is 6.10. The summed E-state index contributed by atoms with van der Waals surface area (Å²) in [7, 11) is 1.71. The fraction of sp³-hybridized carbons (Fsp3) is 0.208. The summed E-state index contributed by atoms with van der Waals surface area (Å²) in [5.41, 5.74) is 1.86. The topological polar surface area (TPSA) is 105 Å². The maximum absolute atomic E-state index is 13.5. The smallest absolute Gasteiger partial charge is 0.254 e. The van der Waals surface area contributed by atoms with E-state index in [1.165, 1.54) is 18.2 Å². The van der Waals surface area contributed by atoms with Crippen LogP contribution in [-0.2, 0) is 4.79 Å². The van der Waals surface area contributed by atoms with Gasteiger partial charge in [-0.1, -0.05) is 18.2 Å². The SMILES string of the molecule is C=Nc1cc(O)c(C2=NC3CC=CC=C3C(=O)N2)cc1OCCOc1cc(F)ccc1NC. The second-order valence-electron chi connectivity index (χ2n) is 7.32. The molecule has 3 N–H and O–H groups in total. The molecule has 2 aromatic rings. The summed E-state index contributed by atoms with van der Waals surface area (Å²) in [5, 5.41) is 16.2. The van der Waals surface area contributed by atoms with E-state index in [0.29, 0.717) is 40.4 Å². The molecule has 0 radical (unpaired) electrons. The Hall–Kier alpha value is -4.14. The Morgan fingerprint density at radius 1 is 1.27 bits per heavy atom. The number of hydrogen-bond acceptors (Lipinski definition) is 7. The first kappa shape index (κ1) is 22.1. The van der Waals surface area contributed by atoms with E-state index in [1.807, 2.05) is 12.2 Å². The van der Waals surface area contributed by atoms with E-state index < -0.39 is 5.82 Å². The predicted molar refractivity (Wildman–Crippen MR) is 125 cm³/mol. The second-order valence-corrected chi connectivity index (χ2v) is 7.32. The van der Waals surface area contributed by atoms with Crippen molar-refractivity contribution in [2.75, 3.05) is 25.6 Å². The normalized spacial score (nSPS) is 16.8. The summed E-state index contributed by atoms with van der Waals surface area (Å²) in [6.45, 7) is 3.76. The number of phenols is 1. The van der Waals surface area contributed by atoms with E-state index >= 15 is 0 Å². The highest BCUT2D eigenvalue weighted by molar-refractivity contribution is 6.16. The van der Waals surface area contributed by atoms with Crippen molar-refractivity contribution in [3.05, 3.63) is 65.5 Å². The van der Waals surface area contributed by atoms with Crippen molar-refractivity contribution in [2.45, 2.75) is 12.5 Å². The maximum atomic E-state index is 13.5. The summed E-state index contributed by atoms with van der Waals surface area (Å²) in [5.74, 6) is 0.164. The van der Waals surface area contributed by atoms with Crippen molar-refractivity contribution in [1.29, 1.82) is 0 Å². The summed E-state index contributed by atoms with van der Waals surface area (Å²) < 4.78 is 24.9. The number of amides is 1. The third kappa shape index (κ3) is 4.72. The molecule has 1 amide bonds. The van der Waals surface area contributed by atoms with E-state index in [0.717, 1.165) is 0 Å². The highest BCUT2D eigenvalue weighted by Gasteiger charge is 2.29. The van der Waals surface area contributed by atoms with Gasteiger partial charge >= 0.3 is 0 Å². The first-order valence-corrected chi connectivity index (χ1v) is 10.3. The van der Waals surface area contributed by atoms with Gasteiger partial charge in [0.1, 0.15) is 47.8 Å². The number of anilines is 1. The van der Waals surface area contributed by atoms with Gasteiger partial charge in [0.15, 0.2) is 0 Å². The lowest BCUT2D eigenvalue weighted by Crippen LogP contribution is -2.41. The number of ether oxygens (including phenoxy) is 2. The fourth-order valence-corrected chi connectivity index (χ4v) is 3.58. The highest BCUT2D eigenvalue weighted by Crippen LogP contribution is 2.35. The van der Waals surface area contributed by atoms with Crippen LogP contribution in [0.25, 0.3) is 0 Å². The van der Waals surface area contributed by atoms with Gasteiger partial charge in [-0.05, 0) is 31.3 Å². The molecule has 8 nitrogen and oxygen atoms in total. The van der Waals surface area contributed by atoms with Crippen molar-refractivity contribution < 1.29 is 23.8 Å². The Morgan fingerprint density at radius 3 is 2.82 bits per heavy atom. The van der Waals surface area contributed by atoms with Crippen LogP contribution in [0.4, 0.5) is 15.8 Å². The van der Waals surface area contributed by atoms with Crippen LogP contribution < -0.4 is 20.1 Å². The zero-order valence-corrected chi connectivity index (χ0v) is 18.0. The Kier molecular flexibility index (Phi) is 6.39. The number of carbonyl (C=O) groups is 1. The molecule has 1 unspecified atom stereocenters. The number of benzene rings is 2. The first-order chi connectivity index (χ1) is 16.0. The molecule has 0 fully saturated rings. The largest absolute Gasteiger partial charge is 0.507 e. The molecule has 0 saturated carbocycles. The van der Waals surface area contributed by atoms with Gasteiger partial charge in [-0.3, -0.25) is 14.8 Å². The molecule has 170 valence electrons. The monoisotopic (exact) mass is 450 g/mol. The summed E-state index contributed by atoms with van der Waals surface area (Å²) in [4.78, 5) is 20.9. The standard InChI is InChI=1S/C24H23FN4O4/c1-26-18-8-7-14(25)11-21(18)32-9-10-33-22-12-16(20(30)13-19(22)27-2)23-28-17-6-4-3-5-15(17)24(31)29-23/h3-5,7-8,11-13,17,26,30H,2,6,9-10H2,1H3,(H,28,29,31). The van der Waals surface area contributed by atoms with Crippen molar-refractivity contribution in [3.63, 3.8) is 0 Å². The summed E-state index contributed by atoms with van der Waals surface area (Å²) >= 11 is 0. The molecule has 0 bridgehead atoms. The number of halogens is 1. The van der Waals surface area contributed by atoms with Gasteiger partial charge in [0.25, 0.3) is 5.91 Å². The lowest BCUT2D eigenvalue weighted by molar-refractivity contribution is -0.116. The average molecular weight is 450 g/mol. The van der Waals surface area contributed by atoms with E-state index in [4.69, 9.17) is 9.47 Å². The molecule has 2 aromatic carbocycles. The minimum Gasteiger partial charge on any atom is -0.507 e. The number of carbonyl (C=O) groups excluding carboxylic acids is 1. The molecule has 0 saturated heterocycles. The van der Waals surface area contributed by atoms with Crippen molar-refractivity contribution in [2.24, 2.45) is 9.98 Å². The molecule has 1 atom stereocenters. The third-order valence-electron chi connectivity index (χ3n) is 5.22. The fourth-order valence-electron chi connectivity index (χ4n) is 3.58. The van der Waals surface area contributed by atoms with Gasteiger partial charge in [0.2, 0.25) is 0 Å². The number of rotatable bonds is 8. The van der Waals surface area contributed by atoms with E-state index in [1.54, 1.807) is 25.3 Å². The number of nitrogens with one attached hydrogen (secondary N) is 2. The zero-order valence-electron chi connectivity index (χ0n) is 18.0. The predicted octanol–water partition coefficient (Wildman–Crippen LogP) is 3.49. The number of amidine groups is 1. The number of allylic oxidation sites excluding steroid dienone is 2. The van der Waals surface area contributed by atoms with Crippen LogP contribution in [0.1, 0.15) is 12.0 Å². The Labute approximate surface area is 190 Å². The van der Waals surface area contributed by atoms with Crippen molar-refractivity contribution >= 4 is 29.8 Å². The lowest BCUT2D eigenvalue weighted by Gasteiger charge is -2.25. The van der Waals surface area contributed by atoms with Crippen LogP contribution in [0.3, 0.4) is 0 Å². The van der Waals surface area contributed by atoms with Crippen molar-refractivity contribution in [1.82, 2.24) is 5.32 Å². The van der Waals surface area contributed by atoms with Crippen LogP contribution >= 0.6 is 0 Å².